The Balaban J connectivity index is 1.26. The summed E-state index contributed by atoms with van der Waals surface area (Å²) in [7, 11) is 0. The highest BCUT2D eigenvalue weighted by molar-refractivity contribution is 7.13. The van der Waals surface area contributed by atoms with Crippen LogP contribution in [0.1, 0.15) is 29.8 Å². The first-order valence-electron chi connectivity index (χ1n) is 11.0. The van der Waals surface area contributed by atoms with Crippen LogP contribution in [0.25, 0.3) is 21.8 Å². The summed E-state index contributed by atoms with van der Waals surface area (Å²) in [5, 5.41) is 9.25. The third-order valence-electron chi connectivity index (χ3n) is 5.08. The molecule has 0 unspecified atom stereocenters. The highest BCUT2D eigenvalue weighted by Crippen LogP contribution is 2.29. The van der Waals surface area contributed by atoms with Crippen LogP contribution in [0.2, 0.25) is 0 Å². The van der Waals surface area contributed by atoms with E-state index in [1.807, 2.05) is 50.2 Å². The minimum Gasteiger partial charge on any atom is -0.354 e. The summed E-state index contributed by atoms with van der Waals surface area (Å²) < 4.78 is 0. The lowest BCUT2D eigenvalue weighted by Gasteiger charge is -2.08. The number of aromatic nitrogens is 3. The van der Waals surface area contributed by atoms with Crippen LogP contribution in [0.15, 0.2) is 66.0 Å². The summed E-state index contributed by atoms with van der Waals surface area (Å²) in [5.74, 6) is 0.645. The number of anilines is 1. The number of aryl methyl sites for hydroxylation is 2. The van der Waals surface area contributed by atoms with Gasteiger partial charge in [0.15, 0.2) is 0 Å². The van der Waals surface area contributed by atoms with Gasteiger partial charge in [-0.2, -0.15) is 0 Å². The highest BCUT2D eigenvalue weighted by atomic mass is 32.1. The molecule has 2 heterocycles. The topological polar surface area (TPSA) is 79.8 Å². The second-order valence-corrected chi connectivity index (χ2v) is 8.74. The van der Waals surface area contributed by atoms with Gasteiger partial charge in [-0.05, 0) is 38.0 Å². The molecular weight excluding hydrogens is 430 g/mol. The Morgan fingerprint density at radius 2 is 1.67 bits per heavy atom. The van der Waals surface area contributed by atoms with Crippen molar-refractivity contribution in [3.05, 3.63) is 83.0 Å². The van der Waals surface area contributed by atoms with Crippen molar-refractivity contribution >= 4 is 23.2 Å². The zero-order chi connectivity index (χ0) is 23.0. The van der Waals surface area contributed by atoms with Crippen LogP contribution in [0.3, 0.4) is 0 Å². The van der Waals surface area contributed by atoms with E-state index in [1.54, 1.807) is 11.3 Å². The van der Waals surface area contributed by atoms with E-state index in [9.17, 15) is 4.79 Å². The fourth-order valence-electron chi connectivity index (χ4n) is 3.51. The van der Waals surface area contributed by atoms with Crippen molar-refractivity contribution in [3.8, 4) is 21.8 Å². The highest BCUT2D eigenvalue weighted by Gasteiger charge is 2.08. The van der Waals surface area contributed by atoms with E-state index in [0.717, 1.165) is 38.8 Å². The summed E-state index contributed by atoms with van der Waals surface area (Å²) in [6, 6.07) is 20.3. The van der Waals surface area contributed by atoms with Crippen LogP contribution >= 0.6 is 11.3 Å². The maximum absolute atomic E-state index is 12.3. The smallest absolute Gasteiger partial charge is 0.223 e. The molecule has 6 nitrogen and oxygen atoms in total. The Labute approximate surface area is 198 Å². The van der Waals surface area contributed by atoms with Gasteiger partial charge < -0.3 is 10.6 Å². The van der Waals surface area contributed by atoms with Crippen LogP contribution in [0, 0.1) is 13.8 Å². The van der Waals surface area contributed by atoms with Crippen molar-refractivity contribution in [1.82, 2.24) is 20.3 Å². The van der Waals surface area contributed by atoms with E-state index in [2.05, 4.69) is 50.2 Å². The number of amides is 1. The number of hydrogen-bond acceptors (Lipinski definition) is 6. The third-order valence-corrected chi connectivity index (χ3v) is 5.97. The molecule has 4 aromatic rings. The molecule has 0 aliphatic carbocycles. The van der Waals surface area contributed by atoms with Gasteiger partial charge in [0.05, 0.1) is 5.69 Å². The molecular formula is C26H27N5OS. The predicted octanol–water partition coefficient (Wildman–Crippen LogP) is 5.39. The van der Waals surface area contributed by atoms with E-state index in [-0.39, 0.29) is 5.91 Å². The molecule has 4 rings (SSSR count). The number of thiazole rings is 1. The Morgan fingerprint density at radius 1 is 0.909 bits per heavy atom. The minimum absolute atomic E-state index is 0.0316. The van der Waals surface area contributed by atoms with E-state index in [4.69, 9.17) is 4.98 Å². The standard InChI is InChI=1S/C26H27N5OS/c1-18-14-19(2)30-26(29-18)27-13-7-12-24(32)28-16-20-8-6-11-22(15-20)25-31-23(17-33-25)21-9-4-3-5-10-21/h3-6,8-11,14-15,17H,7,12-13,16H2,1-2H3,(H,28,32)(H,27,29,30). The zero-order valence-corrected chi connectivity index (χ0v) is 19.7. The lowest BCUT2D eigenvalue weighted by Crippen LogP contribution is -2.23. The number of nitrogens with zero attached hydrogens (tertiary/aromatic N) is 3. The zero-order valence-electron chi connectivity index (χ0n) is 18.8. The molecule has 0 saturated carbocycles. The Bertz CT molecular complexity index is 1200. The molecule has 0 fully saturated rings. The first-order chi connectivity index (χ1) is 16.1. The molecule has 1 amide bonds. The van der Waals surface area contributed by atoms with Gasteiger partial charge in [0.1, 0.15) is 5.01 Å². The predicted molar refractivity (Wildman–Crippen MR) is 134 cm³/mol. The van der Waals surface area contributed by atoms with Crippen molar-refractivity contribution < 1.29 is 4.79 Å². The van der Waals surface area contributed by atoms with Crippen molar-refractivity contribution in [2.45, 2.75) is 33.2 Å². The molecule has 33 heavy (non-hydrogen) atoms. The Kier molecular flexibility index (Phi) is 7.42. The number of hydrogen-bond donors (Lipinski definition) is 2. The van der Waals surface area contributed by atoms with Crippen LogP contribution in [-0.4, -0.2) is 27.4 Å². The molecule has 7 heteroatoms. The number of carbonyl (C=O) groups is 1. The maximum Gasteiger partial charge on any atom is 0.223 e. The third kappa shape index (κ3) is 6.46. The number of carbonyl (C=O) groups excluding carboxylic acids is 1. The van der Waals surface area contributed by atoms with Gasteiger partial charge in [0.25, 0.3) is 0 Å². The van der Waals surface area contributed by atoms with E-state index < -0.39 is 0 Å². The normalized spacial score (nSPS) is 10.7. The molecule has 0 aliphatic rings. The van der Waals surface area contributed by atoms with Crippen LogP contribution in [0.4, 0.5) is 5.95 Å². The van der Waals surface area contributed by atoms with E-state index in [0.29, 0.717) is 31.9 Å². The van der Waals surface area contributed by atoms with Gasteiger partial charge in [0.2, 0.25) is 11.9 Å². The second-order valence-electron chi connectivity index (χ2n) is 7.89. The van der Waals surface area contributed by atoms with Crippen LogP contribution in [-0.2, 0) is 11.3 Å². The summed E-state index contributed by atoms with van der Waals surface area (Å²) in [6.45, 7) is 5.04. The van der Waals surface area contributed by atoms with E-state index in [1.165, 1.54) is 0 Å². The van der Waals surface area contributed by atoms with Gasteiger partial charge in [-0.25, -0.2) is 15.0 Å². The Hall–Kier alpha value is -3.58. The fraction of sp³-hybridized carbons (Fsp3) is 0.231. The molecule has 0 atom stereocenters. The SMILES string of the molecule is Cc1cc(C)nc(NCCCC(=O)NCc2cccc(-c3nc(-c4ccccc4)cs3)c2)n1. The van der Waals surface area contributed by atoms with Crippen LogP contribution < -0.4 is 10.6 Å². The first-order valence-corrected chi connectivity index (χ1v) is 11.9. The molecule has 0 saturated heterocycles. The van der Waals surface area contributed by atoms with Gasteiger partial charge in [-0.15, -0.1) is 11.3 Å². The largest absolute Gasteiger partial charge is 0.354 e. The quantitative estimate of drug-likeness (QED) is 0.329. The maximum atomic E-state index is 12.3. The molecule has 2 aromatic carbocycles. The molecule has 0 aliphatic heterocycles. The summed E-state index contributed by atoms with van der Waals surface area (Å²) >= 11 is 1.63. The molecule has 0 bridgehead atoms. The number of benzene rings is 2. The molecule has 2 aromatic heterocycles. The monoisotopic (exact) mass is 457 g/mol. The van der Waals surface area contributed by atoms with Crippen molar-refractivity contribution in [2.75, 3.05) is 11.9 Å². The van der Waals surface area contributed by atoms with Gasteiger partial charge >= 0.3 is 0 Å². The molecule has 2 N–H and O–H groups in total. The van der Waals surface area contributed by atoms with Gasteiger partial charge in [-0.3, -0.25) is 4.79 Å². The average molecular weight is 458 g/mol. The van der Waals surface area contributed by atoms with Gasteiger partial charge in [0, 0.05) is 47.4 Å². The summed E-state index contributed by atoms with van der Waals surface area (Å²) in [6.07, 6.45) is 1.16. The van der Waals surface area contributed by atoms with E-state index >= 15 is 0 Å². The molecule has 168 valence electrons. The van der Waals surface area contributed by atoms with Gasteiger partial charge in [-0.1, -0.05) is 48.5 Å². The van der Waals surface area contributed by atoms with Crippen LogP contribution in [0.5, 0.6) is 0 Å². The minimum atomic E-state index is 0.0316. The van der Waals surface area contributed by atoms with Crippen molar-refractivity contribution in [1.29, 1.82) is 0 Å². The van der Waals surface area contributed by atoms with Crippen molar-refractivity contribution in [2.24, 2.45) is 0 Å². The Morgan fingerprint density at radius 3 is 2.45 bits per heavy atom. The second kappa shape index (κ2) is 10.8. The van der Waals surface area contributed by atoms with Crippen molar-refractivity contribution in [3.63, 3.8) is 0 Å². The molecule has 0 radical (unpaired) electrons. The average Bonchev–Trinajstić information content (AvgIpc) is 3.31. The molecule has 0 spiro atoms. The number of nitrogens with one attached hydrogen (secondary N) is 2. The first kappa shape index (κ1) is 22.6. The fourth-order valence-corrected chi connectivity index (χ4v) is 4.33. The summed E-state index contributed by atoms with van der Waals surface area (Å²) in [4.78, 5) is 25.8. The number of rotatable bonds is 9. The lowest BCUT2D eigenvalue weighted by molar-refractivity contribution is -0.121. The lowest BCUT2D eigenvalue weighted by atomic mass is 10.1. The summed E-state index contributed by atoms with van der Waals surface area (Å²) in [5.41, 5.74) is 6.07.